The third-order valence-electron chi connectivity index (χ3n) is 2.83. The second kappa shape index (κ2) is 5.78. The molecule has 2 N–H and O–H groups in total. The van der Waals surface area contributed by atoms with Crippen LogP contribution in [0.5, 0.6) is 0 Å². The van der Waals surface area contributed by atoms with Crippen molar-refractivity contribution >= 4 is 23.1 Å². The van der Waals surface area contributed by atoms with Gasteiger partial charge in [0.25, 0.3) is 0 Å². The number of amides is 1. The van der Waals surface area contributed by atoms with Gasteiger partial charge < -0.3 is 15.4 Å². The lowest BCUT2D eigenvalue weighted by Gasteiger charge is -2.33. The van der Waals surface area contributed by atoms with Crippen molar-refractivity contribution in [2.24, 2.45) is 11.1 Å². The SMILES string of the molecule is CC(C)(C)CCC(=O)N1CCOC(C(N)=S)C1. The van der Waals surface area contributed by atoms with E-state index in [2.05, 4.69) is 20.8 Å². The molecule has 0 saturated carbocycles. The maximum Gasteiger partial charge on any atom is 0.222 e. The second-order valence-electron chi connectivity index (χ2n) is 5.66. The molecule has 1 aliphatic heterocycles. The van der Waals surface area contributed by atoms with E-state index in [1.165, 1.54) is 0 Å². The van der Waals surface area contributed by atoms with E-state index in [0.717, 1.165) is 6.42 Å². The van der Waals surface area contributed by atoms with Crippen molar-refractivity contribution in [1.82, 2.24) is 4.90 Å². The van der Waals surface area contributed by atoms with Gasteiger partial charge in [0.2, 0.25) is 5.91 Å². The molecule has 17 heavy (non-hydrogen) atoms. The molecule has 1 amide bonds. The number of carbonyl (C=O) groups excluding carboxylic acids is 1. The molecule has 0 aromatic heterocycles. The number of nitrogens with two attached hydrogens (primary N) is 1. The second-order valence-corrected chi connectivity index (χ2v) is 6.13. The van der Waals surface area contributed by atoms with E-state index in [9.17, 15) is 4.79 Å². The third kappa shape index (κ3) is 5.00. The summed E-state index contributed by atoms with van der Waals surface area (Å²) in [6, 6.07) is 0. The highest BCUT2D eigenvalue weighted by Gasteiger charge is 2.26. The number of nitrogens with zero attached hydrogens (tertiary/aromatic N) is 1. The minimum Gasteiger partial charge on any atom is -0.391 e. The van der Waals surface area contributed by atoms with Crippen LogP contribution >= 0.6 is 12.2 Å². The summed E-state index contributed by atoms with van der Waals surface area (Å²) in [4.78, 5) is 14.1. The van der Waals surface area contributed by atoms with Crippen molar-refractivity contribution in [3.63, 3.8) is 0 Å². The van der Waals surface area contributed by atoms with Crippen LogP contribution in [0.1, 0.15) is 33.6 Å². The molecule has 1 atom stereocenters. The van der Waals surface area contributed by atoms with Gasteiger partial charge in [0.15, 0.2) is 0 Å². The van der Waals surface area contributed by atoms with Crippen molar-refractivity contribution in [2.45, 2.75) is 39.7 Å². The Balaban J connectivity index is 2.44. The average Bonchev–Trinajstić information content (AvgIpc) is 2.25. The summed E-state index contributed by atoms with van der Waals surface area (Å²) < 4.78 is 5.41. The molecule has 1 heterocycles. The Labute approximate surface area is 108 Å². The molecule has 0 bridgehead atoms. The molecule has 98 valence electrons. The number of rotatable bonds is 3. The molecule has 1 saturated heterocycles. The van der Waals surface area contributed by atoms with Crippen molar-refractivity contribution in [1.29, 1.82) is 0 Å². The zero-order chi connectivity index (χ0) is 13.1. The first-order chi connectivity index (χ1) is 7.79. The minimum absolute atomic E-state index is 0.171. The van der Waals surface area contributed by atoms with Gasteiger partial charge in [0.1, 0.15) is 11.1 Å². The van der Waals surface area contributed by atoms with E-state index >= 15 is 0 Å². The first-order valence-electron chi connectivity index (χ1n) is 5.98. The summed E-state index contributed by atoms with van der Waals surface area (Å²) >= 11 is 4.89. The molecule has 1 rings (SSSR count). The summed E-state index contributed by atoms with van der Waals surface area (Å²) in [5, 5.41) is 0. The molecule has 0 aromatic carbocycles. The van der Waals surface area contributed by atoms with Gasteiger partial charge in [0, 0.05) is 13.0 Å². The smallest absolute Gasteiger partial charge is 0.222 e. The molecule has 1 fully saturated rings. The molecular weight excluding hydrogens is 236 g/mol. The molecule has 4 nitrogen and oxygen atoms in total. The summed E-state index contributed by atoms with van der Waals surface area (Å²) in [5.74, 6) is 0.171. The number of hydrogen-bond donors (Lipinski definition) is 1. The monoisotopic (exact) mass is 258 g/mol. The van der Waals surface area contributed by atoms with Gasteiger partial charge in [-0.2, -0.15) is 0 Å². The van der Waals surface area contributed by atoms with E-state index in [1.54, 1.807) is 4.90 Å². The standard InChI is InChI=1S/C12H22N2O2S/c1-12(2,3)5-4-10(15)14-6-7-16-9(8-14)11(13)17/h9H,4-8H2,1-3H3,(H2,13,17). The number of morpholine rings is 1. The quantitative estimate of drug-likeness (QED) is 0.776. The molecule has 0 aliphatic carbocycles. The topological polar surface area (TPSA) is 55.6 Å². The van der Waals surface area contributed by atoms with Crippen LogP contribution < -0.4 is 5.73 Å². The number of ether oxygens (including phenoxy) is 1. The highest BCUT2D eigenvalue weighted by atomic mass is 32.1. The molecule has 0 aromatic rings. The van der Waals surface area contributed by atoms with Crippen LogP contribution in [0.3, 0.4) is 0 Å². The van der Waals surface area contributed by atoms with Crippen LogP contribution in [-0.2, 0) is 9.53 Å². The van der Waals surface area contributed by atoms with E-state index in [0.29, 0.717) is 31.1 Å². The van der Waals surface area contributed by atoms with Crippen LogP contribution in [0.15, 0.2) is 0 Å². The Morgan fingerprint density at radius 1 is 1.53 bits per heavy atom. The van der Waals surface area contributed by atoms with Crippen LogP contribution in [0, 0.1) is 5.41 Å². The Morgan fingerprint density at radius 2 is 2.18 bits per heavy atom. The lowest BCUT2D eigenvalue weighted by atomic mass is 9.90. The van der Waals surface area contributed by atoms with Crippen molar-refractivity contribution in [3.05, 3.63) is 0 Å². The Bertz CT molecular complexity index is 299. The molecule has 1 unspecified atom stereocenters. The van der Waals surface area contributed by atoms with Crippen molar-refractivity contribution in [3.8, 4) is 0 Å². The Kier molecular flexibility index (Phi) is 4.89. The maximum atomic E-state index is 12.0. The summed E-state index contributed by atoms with van der Waals surface area (Å²) in [5.41, 5.74) is 5.73. The Hall–Kier alpha value is -0.680. The van der Waals surface area contributed by atoms with Gasteiger partial charge in [-0.05, 0) is 11.8 Å². The summed E-state index contributed by atoms with van der Waals surface area (Å²) in [7, 11) is 0. The fourth-order valence-electron chi connectivity index (χ4n) is 1.69. The van der Waals surface area contributed by atoms with Gasteiger partial charge in [-0.1, -0.05) is 33.0 Å². The van der Waals surface area contributed by atoms with Crippen molar-refractivity contribution in [2.75, 3.05) is 19.7 Å². The number of hydrogen-bond acceptors (Lipinski definition) is 3. The van der Waals surface area contributed by atoms with Gasteiger partial charge in [-0.3, -0.25) is 4.79 Å². The third-order valence-corrected chi connectivity index (χ3v) is 3.09. The van der Waals surface area contributed by atoms with Gasteiger partial charge >= 0.3 is 0 Å². The van der Waals surface area contributed by atoms with E-state index in [4.69, 9.17) is 22.7 Å². The highest BCUT2D eigenvalue weighted by Crippen LogP contribution is 2.21. The van der Waals surface area contributed by atoms with E-state index < -0.39 is 0 Å². The number of thiocarbonyl (C=S) groups is 1. The zero-order valence-corrected chi connectivity index (χ0v) is 11.7. The van der Waals surface area contributed by atoms with Crippen LogP contribution in [0.4, 0.5) is 0 Å². The fraction of sp³-hybridized carbons (Fsp3) is 0.833. The molecule has 5 heteroatoms. The zero-order valence-electron chi connectivity index (χ0n) is 10.9. The minimum atomic E-state index is -0.280. The van der Waals surface area contributed by atoms with Gasteiger partial charge in [-0.25, -0.2) is 0 Å². The first kappa shape index (κ1) is 14.4. The molecule has 0 radical (unpaired) electrons. The summed E-state index contributed by atoms with van der Waals surface area (Å²) in [6.07, 6.45) is 1.19. The molecular formula is C12H22N2O2S. The van der Waals surface area contributed by atoms with Crippen LogP contribution in [-0.4, -0.2) is 41.6 Å². The lowest BCUT2D eigenvalue weighted by Crippen LogP contribution is -2.50. The Morgan fingerprint density at radius 3 is 2.71 bits per heavy atom. The normalized spacial score (nSPS) is 21.4. The highest BCUT2D eigenvalue weighted by molar-refractivity contribution is 7.80. The van der Waals surface area contributed by atoms with Gasteiger partial charge in [-0.15, -0.1) is 0 Å². The molecule has 1 aliphatic rings. The maximum absolute atomic E-state index is 12.0. The molecule has 0 spiro atoms. The summed E-state index contributed by atoms with van der Waals surface area (Å²) in [6.45, 7) is 8.07. The fourth-order valence-corrected chi connectivity index (χ4v) is 1.83. The number of carbonyl (C=O) groups is 1. The van der Waals surface area contributed by atoms with E-state index in [-0.39, 0.29) is 17.4 Å². The predicted octanol–water partition coefficient (Wildman–Crippen LogP) is 1.33. The lowest BCUT2D eigenvalue weighted by molar-refractivity contribution is -0.137. The van der Waals surface area contributed by atoms with Crippen LogP contribution in [0.2, 0.25) is 0 Å². The van der Waals surface area contributed by atoms with E-state index in [1.807, 2.05) is 0 Å². The first-order valence-corrected chi connectivity index (χ1v) is 6.39. The predicted molar refractivity (Wildman–Crippen MR) is 71.8 cm³/mol. The van der Waals surface area contributed by atoms with Crippen LogP contribution in [0.25, 0.3) is 0 Å². The van der Waals surface area contributed by atoms with Crippen molar-refractivity contribution < 1.29 is 9.53 Å². The largest absolute Gasteiger partial charge is 0.391 e. The average molecular weight is 258 g/mol. The van der Waals surface area contributed by atoms with Gasteiger partial charge in [0.05, 0.1) is 13.2 Å².